The highest BCUT2D eigenvalue weighted by molar-refractivity contribution is 5.36. The summed E-state index contributed by atoms with van der Waals surface area (Å²) in [6.45, 7) is 2.26. The summed E-state index contributed by atoms with van der Waals surface area (Å²) in [5.41, 5.74) is 2.82. The second-order valence-corrected chi connectivity index (χ2v) is 5.75. The van der Waals surface area contributed by atoms with Gasteiger partial charge in [-0.3, -0.25) is 0 Å². The molecule has 0 radical (unpaired) electrons. The molecular formula is C19H23NO. The average molecular weight is 281 g/mol. The summed E-state index contributed by atoms with van der Waals surface area (Å²) in [5.74, 6) is 2.12. The maximum absolute atomic E-state index is 5.29. The molecule has 21 heavy (non-hydrogen) atoms. The van der Waals surface area contributed by atoms with Gasteiger partial charge in [-0.15, -0.1) is 0 Å². The molecule has 2 aromatic rings. The molecule has 0 saturated carbocycles. The summed E-state index contributed by atoms with van der Waals surface area (Å²) < 4.78 is 5.29. The molecule has 2 nitrogen and oxygen atoms in total. The van der Waals surface area contributed by atoms with Gasteiger partial charge in [-0.2, -0.15) is 0 Å². The smallest absolute Gasteiger partial charge is 0.118 e. The molecule has 1 aliphatic heterocycles. The molecule has 2 aromatic carbocycles. The summed E-state index contributed by atoms with van der Waals surface area (Å²) in [5, 5.41) is 3.47. The number of rotatable bonds is 4. The van der Waals surface area contributed by atoms with E-state index in [-0.39, 0.29) is 0 Å². The van der Waals surface area contributed by atoms with Crippen molar-refractivity contribution < 1.29 is 4.74 Å². The van der Waals surface area contributed by atoms with Crippen molar-refractivity contribution >= 4 is 0 Å². The third-order valence-corrected chi connectivity index (χ3v) is 4.49. The molecule has 1 saturated heterocycles. The fraction of sp³-hybridized carbons (Fsp3) is 0.368. The van der Waals surface area contributed by atoms with E-state index in [1.807, 2.05) is 0 Å². The molecule has 2 heteroatoms. The predicted octanol–water partition coefficient (Wildman–Crippen LogP) is 3.83. The summed E-state index contributed by atoms with van der Waals surface area (Å²) in [6, 6.07) is 19.5. The number of hydrogen-bond acceptors (Lipinski definition) is 2. The van der Waals surface area contributed by atoms with Gasteiger partial charge in [0, 0.05) is 5.92 Å². The maximum Gasteiger partial charge on any atom is 0.118 e. The van der Waals surface area contributed by atoms with Gasteiger partial charge in [-0.1, -0.05) is 42.5 Å². The van der Waals surface area contributed by atoms with E-state index in [0.29, 0.717) is 11.8 Å². The third kappa shape index (κ3) is 3.27. The summed E-state index contributed by atoms with van der Waals surface area (Å²) in [6.07, 6.45) is 2.48. The second-order valence-electron chi connectivity index (χ2n) is 5.75. The van der Waals surface area contributed by atoms with Crippen LogP contribution in [0.3, 0.4) is 0 Å². The zero-order chi connectivity index (χ0) is 14.5. The Morgan fingerprint density at radius 2 is 1.52 bits per heavy atom. The minimum atomic E-state index is 0.485. The van der Waals surface area contributed by atoms with Crippen molar-refractivity contribution in [2.75, 3.05) is 20.2 Å². The van der Waals surface area contributed by atoms with Crippen molar-refractivity contribution in [3.8, 4) is 5.75 Å². The minimum absolute atomic E-state index is 0.485. The normalized spacial score (nSPS) is 17.4. The lowest BCUT2D eigenvalue weighted by molar-refractivity contribution is 0.342. The zero-order valence-electron chi connectivity index (χ0n) is 12.6. The van der Waals surface area contributed by atoms with E-state index >= 15 is 0 Å². The Bertz CT molecular complexity index is 544. The predicted molar refractivity (Wildman–Crippen MR) is 86.9 cm³/mol. The molecule has 1 fully saturated rings. The lowest BCUT2D eigenvalue weighted by Gasteiger charge is -2.31. The van der Waals surface area contributed by atoms with Crippen LogP contribution < -0.4 is 10.1 Å². The molecular weight excluding hydrogens is 258 g/mol. The quantitative estimate of drug-likeness (QED) is 0.919. The van der Waals surface area contributed by atoms with E-state index in [0.717, 1.165) is 18.8 Å². The molecule has 0 aliphatic carbocycles. The third-order valence-electron chi connectivity index (χ3n) is 4.49. The number of benzene rings is 2. The van der Waals surface area contributed by atoms with E-state index in [4.69, 9.17) is 4.74 Å². The topological polar surface area (TPSA) is 21.3 Å². The van der Waals surface area contributed by atoms with Crippen molar-refractivity contribution in [3.63, 3.8) is 0 Å². The highest BCUT2D eigenvalue weighted by Crippen LogP contribution is 2.37. The van der Waals surface area contributed by atoms with Crippen molar-refractivity contribution in [3.05, 3.63) is 65.7 Å². The van der Waals surface area contributed by atoms with E-state index in [9.17, 15) is 0 Å². The summed E-state index contributed by atoms with van der Waals surface area (Å²) in [4.78, 5) is 0. The van der Waals surface area contributed by atoms with Crippen LogP contribution in [0.4, 0.5) is 0 Å². The van der Waals surface area contributed by atoms with Crippen LogP contribution in [0.5, 0.6) is 5.75 Å². The Morgan fingerprint density at radius 1 is 0.905 bits per heavy atom. The number of methoxy groups -OCH3 is 1. The van der Waals surface area contributed by atoms with Gasteiger partial charge in [0.25, 0.3) is 0 Å². The Labute approximate surface area is 127 Å². The average Bonchev–Trinajstić information content (AvgIpc) is 2.58. The Balaban J connectivity index is 1.94. The van der Waals surface area contributed by atoms with Crippen LogP contribution in [-0.2, 0) is 0 Å². The van der Waals surface area contributed by atoms with Crippen molar-refractivity contribution in [2.24, 2.45) is 5.92 Å². The molecule has 3 rings (SSSR count). The fourth-order valence-corrected chi connectivity index (χ4v) is 3.39. The molecule has 1 aliphatic rings. The SMILES string of the molecule is COc1ccc([C@H](c2ccccc2)C2CCNCC2)cc1. The standard InChI is InChI=1S/C19H23NO/c1-21-18-9-7-16(8-10-18)19(15-5-3-2-4-6-15)17-11-13-20-14-12-17/h2-10,17,19-20H,11-14H2,1H3/t19-/m0/s1. The van der Waals surface area contributed by atoms with Gasteiger partial charge in [0.05, 0.1) is 7.11 Å². The Morgan fingerprint density at radius 3 is 2.14 bits per heavy atom. The molecule has 1 heterocycles. The maximum atomic E-state index is 5.29. The molecule has 0 amide bonds. The van der Waals surface area contributed by atoms with E-state index in [1.165, 1.54) is 24.0 Å². The Kier molecular flexibility index (Phi) is 4.56. The van der Waals surface area contributed by atoms with Gasteiger partial charge >= 0.3 is 0 Å². The van der Waals surface area contributed by atoms with Crippen molar-refractivity contribution in [1.29, 1.82) is 0 Å². The van der Waals surface area contributed by atoms with Crippen LogP contribution in [0.25, 0.3) is 0 Å². The number of ether oxygens (including phenoxy) is 1. The number of hydrogen-bond donors (Lipinski definition) is 1. The summed E-state index contributed by atoms with van der Waals surface area (Å²) >= 11 is 0. The first kappa shape index (κ1) is 14.2. The van der Waals surface area contributed by atoms with E-state index < -0.39 is 0 Å². The lowest BCUT2D eigenvalue weighted by Crippen LogP contribution is -2.31. The second kappa shape index (κ2) is 6.77. The van der Waals surface area contributed by atoms with E-state index in [1.54, 1.807) is 7.11 Å². The van der Waals surface area contributed by atoms with Crippen LogP contribution in [0.2, 0.25) is 0 Å². The van der Waals surface area contributed by atoms with E-state index in [2.05, 4.69) is 59.9 Å². The first-order valence-electron chi connectivity index (χ1n) is 7.78. The van der Waals surface area contributed by atoms with Crippen LogP contribution in [-0.4, -0.2) is 20.2 Å². The van der Waals surface area contributed by atoms with Crippen LogP contribution in [0.15, 0.2) is 54.6 Å². The van der Waals surface area contributed by atoms with Crippen LogP contribution in [0, 0.1) is 5.92 Å². The van der Waals surface area contributed by atoms with Gasteiger partial charge < -0.3 is 10.1 Å². The van der Waals surface area contributed by atoms with Crippen LogP contribution >= 0.6 is 0 Å². The van der Waals surface area contributed by atoms with Crippen molar-refractivity contribution in [2.45, 2.75) is 18.8 Å². The molecule has 1 N–H and O–H groups in total. The highest BCUT2D eigenvalue weighted by Gasteiger charge is 2.26. The molecule has 110 valence electrons. The largest absolute Gasteiger partial charge is 0.497 e. The Hall–Kier alpha value is -1.80. The first-order chi connectivity index (χ1) is 10.4. The highest BCUT2D eigenvalue weighted by atomic mass is 16.5. The molecule has 0 spiro atoms. The van der Waals surface area contributed by atoms with Gasteiger partial charge in [-0.05, 0) is 55.1 Å². The van der Waals surface area contributed by atoms with Crippen LogP contribution in [0.1, 0.15) is 29.9 Å². The molecule has 0 bridgehead atoms. The van der Waals surface area contributed by atoms with Gasteiger partial charge in [0.15, 0.2) is 0 Å². The number of piperidine rings is 1. The molecule has 0 aromatic heterocycles. The fourth-order valence-electron chi connectivity index (χ4n) is 3.39. The van der Waals surface area contributed by atoms with Crippen molar-refractivity contribution in [1.82, 2.24) is 5.32 Å². The van der Waals surface area contributed by atoms with Gasteiger partial charge in [-0.25, -0.2) is 0 Å². The van der Waals surface area contributed by atoms with Gasteiger partial charge in [0.2, 0.25) is 0 Å². The summed E-state index contributed by atoms with van der Waals surface area (Å²) in [7, 11) is 1.72. The molecule has 1 atom stereocenters. The molecule has 0 unspecified atom stereocenters. The monoisotopic (exact) mass is 281 g/mol. The minimum Gasteiger partial charge on any atom is -0.497 e. The zero-order valence-corrected chi connectivity index (χ0v) is 12.6. The number of nitrogens with one attached hydrogen (secondary N) is 1. The van der Waals surface area contributed by atoms with Gasteiger partial charge in [0.1, 0.15) is 5.75 Å². The lowest BCUT2D eigenvalue weighted by atomic mass is 9.76. The first-order valence-corrected chi connectivity index (χ1v) is 7.78.